The molecule has 0 aromatic carbocycles. The van der Waals surface area contributed by atoms with E-state index < -0.39 is 0 Å². The van der Waals surface area contributed by atoms with Crippen LogP contribution in [0.1, 0.15) is 6.92 Å². The lowest BCUT2D eigenvalue weighted by atomic mass is 10.2. The Morgan fingerprint density at radius 1 is 1.26 bits per heavy atom. The molecule has 0 aliphatic carbocycles. The van der Waals surface area contributed by atoms with Gasteiger partial charge in [0.2, 0.25) is 5.91 Å². The second-order valence-corrected chi connectivity index (χ2v) is 5.46. The topological polar surface area (TPSA) is 64.8 Å². The first-order valence-corrected chi connectivity index (χ1v) is 7.15. The third kappa shape index (κ3) is 6.33. The number of amides is 1. The summed E-state index contributed by atoms with van der Waals surface area (Å²) < 4.78 is 0. The number of primary amides is 1. The number of likely N-dealkylation sites (N-methyl/N-ethyl adjacent to an activating group) is 2. The Morgan fingerprint density at radius 2 is 1.84 bits per heavy atom. The predicted molar refractivity (Wildman–Crippen MR) is 78.1 cm³/mol. The molecule has 6 heteroatoms. The number of piperazine rings is 1. The number of nitrogens with zero attached hydrogens (tertiary/aromatic N) is 3. The summed E-state index contributed by atoms with van der Waals surface area (Å²) in [5.41, 5.74) is 5.40. The number of carbonyl (C=O) groups excluding carboxylic acids is 1. The fourth-order valence-electron chi connectivity index (χ4n) is 2.30. The van der Waals surface area contributed by atoms with Gasteiger partial charge in [-0.2, -0.15) is 0 Å². The van der Waals surface area contributed by atoms with Gasteiger partial charge in [0.25, 0.3) is 0 Å². The summed E-state index contributed by atoms with van der Waals surface area (Å²) in [6.45, 7) is 9.90. The molecular formula is C13H29N5O. The average Bonchev–Trinajstić information content (AvgIpc) is 2.37. The Morgan fingerprint density at radius 3 is 2.32 bits per heavy atom. The van der Waals surface area contributed by atoms with Gasteiger partial charge in [0.1, 0.15) is 0 Å². The Balaban J connectivity index is 2.27. The largest absolute Gasteiger partial charge is 0.368 e. The second kappa shape index (κ2) is 8.47. The van der Waals surface area contributed by atoms with E-state index in [-0.39, 0.29) is 11.9 Å². The van der Waals surface area contributed by atoms with Crippen molar-refractivity contribution in [3.05, 3.63) is 0 Å². The van der Waals surface area contributed by atoms with Crippen LogP contribution >= 0.6 is 0 Å². The molecule has 1 amide bonds. The minimum atomic E-state index is -0.253. The van der Waals surface area contributed by atoms with Crippen LogP contribution in [0.5, 0.6) is 0 Å². The van der Waals surface area contributed by atoms with Crippen molar-refractivity contribution >= 4 is 5.91 Å². The van der Waals surface area contributed by atoms with E-state index in [0.29, 0.717) is 0 Å². The molecule has 0 radical (unpaired) electrons. The van der Waals surface area contributed by atoms with Crippen molar-refractivity contribution in [2.24, 2.45) is 5.73 Å². The first-order valence-electron chi connectivity index (χ1n) is 7.15. The maximum Gasteiger partial charge on any atom is 0.235 e. The Kier molecular flexibility index (Phi) is 7.30. The maximum absolute atomic E-state index is 11.3. The molecule has 1 heterocycles. The zero-order chi connectivity index (χ0) is 14.3. The summed E-state index contributed by atoms with van der Waals surface area (Å²) >= 11 is 0. The van der Waals surface area contributed by atoms with Gasteiger partial charge >= 0.3 is 0 Å². The van der Waals surface area contributed by atoms with Crippen LogP contribution in [0, 0.1) is 0 Å². The summed E-state index contributed by atoms with van der Waals surface area (Å²) in [6, 6.07) is -0.224. The number of hydrogen-bond donors (Lipinski definition) is 2. The normalized spacial score (nSPS) is 19.8. The monoisotopic (exact) mass is 271 g/mol. The van der Waals surface area contributed by atoms with Crippen molar-refractivity contribution in [1.82, 2.24) is 20.0 Å². The van der Waals surface area contributed by atoms with Gasteiger partial charge < -0.3 is 16.0 Å². The lowest BCUT2D eigenvalue weighted by molar-refractivity contribution is -0.120. The van der Waals surface area contributed by atoms with Gasteiger partial charge in [0, 0.05) is 45.8 Å². The molecule has 1 atom stereocenters. The van der Waals surface area contributed by atoms with E-state index in [4.69, 9.17) is 5.73 Å². The molecule has 0 spiro atoms. The molecule has 0 bridgehead atoms. The second-order valence-electron chi connectivity index (χ2n) is 5.46. The molecular weight excluding hydrogens is 242 g/mol. The quantitative estimate of drug-likeness (QED) is 0.570. The van der Waals surface area contributed by atoms with Gasteiger partial charge in [-0.15, -0.1) is 0 Å². The van der Waals surface area contributed by atoms with Gasteiger partial charge in [-0.3, -0.25) is 14.6 Å². The molecule has 1 aliphatic rings. The molecule has 1 unspecified atom stereocenters. The highest BCUT2D eigenvalue weighted by Gasteiger charge is 2.22. The van der Waals surface area contributed by atoms with Crippen molar-refractivity contribution in [2.45, 2.75) is 13.0 Å². The van der Waals surface area contributed by atoms with Crippen molar-refractivity contribution < 1.29 is 4.79 Å². The minimum absolute atomic E-state index is 0.224. The summed E-state index contributed by atoms with van der Waals surface area (Å²) in [4.78, 5) is 18.3. The average molecular weight is 271 g/mol. The zero-order valence-electron chi connectivity index (χ0n) is 12.6. The molecule has 0 aromatic rings. The van der Waals surface area contributed by atoms with E-state index in [0.717, 1.165) is 52.4 Å². The molecule has 6 nitrogen and oxygen atoms in total. The Hall–Kier alpha value is -0.690. The fraction of sp³-hybridized carbons (Fsp3) is 0.923. The highest BCUT2D eigenvalue weighted by molar-refractivity contribution is 5.80. The van der Waals surface area contributed by atoms with Crippen LogP contribution in [0.3, 0.4) is 0 Å². The molecule has 1 rings (SSSR count). The van der Waals surface area contributed by atoms with E-state index >= 15 is 0 Å². The van der Waals surface area contributed by atoms with Crippen molar-refractivity contribution in [3.8, 4) is 0 Å². The summed E-state index contributed by atoms with van der Waals surface area (Å²) in [6.07, 6.45) is 0. The standard InChI is InChI=1S/C13H29N5O/c1-4-15-12(13(14)19)11-18-9-7-17(8-10-18)6-5-16(2)3/h12,15H,4-11H2,1-3H3,(H2,14,19). The third-order valence-electron chi connectivity index (χ3n) is 3.56. The van der Waals surface area contributed by atoms with Gasteiger partial charge in [-0.25, -0.2) is 0 Å². The van der Waals surface area contributed by atoms with Gasteiger partial charge in [0.05, 0.1) is 6.04 Å². The van der Waals surface area contributed by atoms with Crippen LogP contribution in [-0.4, -0.2) is 93.1 Å². The Labute approximate surface area is 116 Å². The summed E-state index contributed by atoms with van der Waals surface area (Å²) in [5.74, 6) is -0.253. The highest BCUT2D eigenvalue weighted by Crippen LogP contribution is 2.02. The molecule has 3 N–H and O–H groups in total. The SMILES string of the molecule is CCNC(CN1CCN(CCN(C)C)CC1)C(N)=O. The first kappa shape index (κ1) is 16.4. The van der Waals surface area contributed by atoms with Crippen LogP contribution < -0.4 is 11.1 Å². The van der Waals surface area contributed by atoms with Gasteiger partial charge in [0.15, 0.2) is 0 Å². The molecule has 1 fully saturated rings. The number of carbonyl (C=O) groups is 1. The fourth-order valence-corrected chi connectivity index (χ4v) is 2.30. The van der Waals surface area contributed by atoms with Crippen LogP contribution in [-0.2, 0) is 4.79 Å². The van der Waals surface area contributed by atoms with Crippen LogP contribution in [0.15, 0.2) is 0 Å². The first-order chi connectivity index (χ1) is 9.02. The zero-order valence-corrected chi connectivity index (χ0v) is 12.6. The van der Waals surface area contributed by atoms with Crippen molar-refractivity contribution in [1.29, 1.82) is 0 Å². The van der Waals surface area contributed by atoms with E-state index in [2.05, 4.69) is 34.1 Å². The van der Waals surface area contributed by atoms with Gasteiger partial charge in [-0.05, 0) is 20.6 Å². The Bertz CT molecular complexity index is 264. The van der Waals surface area contributed by atoms with Crippen molar-refractivity contribution in [2.75, 3.05) is 66.5 Å². The number of rotatable bonds is 8. The molecule has 1 saturated heterocycles. The lowest BCUT2D eigenvalue weighted by Gasteiger charge is -2.36. The van der Waals surface area contributed by atoms with E-state index in [1.54, 1.807) is 0 Å². The number of nitrogens with one attached hydrogen (secondary N) is 1. The van der Waals surface area contributed by atoms with E-state index in [1.807, 2.05) is 6.92 Å². The van der Waals surface area contributed by atoms with Crippen LogP contribution in [0.2, 0.25) is 0 Å². The lowest BCUT2D eigenvalue weighted by Crippen LogP contribution is -2.54. The maximum atomic E-state index is 11.3. The summed E-state index contributed by atoms with van der Waals surface area (Å²) in [7, 11) is 4.20. The molecule has 0 saturated carbocycles. The number of hydrogen-bond acceptors (Lipinski definition) is 5. The molecule has 1 aliphatic heterocycles. The third-order valence-corrected chi connectivity index (χ3v) is 3.56. The van der Waals surface area contributed by atoms with Crippen molar-refractivity contribution in [3.63, 3.8) is 0 Å². The van der Waals surface area contributed by atoms with Crippen LogP contribution in [0.4, 0.5) is 0 Å². The minimum Gasteiger partial charge on any atom is -0.368 e. The predicted octanol–water partition coefficient (Wildman–Crippen LogP) is -1.37. The summed E-state index contributed by atoms with van der Waals surface area (Å²) in [5, 5.41) is 3.14. The molecule has 0 aromatic heterocycles. The molecule has 112 valence electrons. The number of nitrogens with two attached hydrogens (primary N) is 1. The van der Waals surface area contributed by atoms with Crippen LogP contribution in [0.25, 0.3) is 0 Å². The van der Waals surface area contributed by atoms with E-state index in [9.17, 15) is 4.79 Å². The molecule has 19 heavy (non-hydrogen) atoms. The van der Waals surface area contributed by atoms with E-state index in [1.165, 1.54) is 0 Å². The van der Waals surface area contributed by atoms with Gasteiger partial charge in [-0.1, -0.05) is 6.92 Å². The smallest absolute Gasteiger partial charge is 0.235 e. The highest BCUT2D eigenvalue weighted by atomic mass is 16.1.